The van der Waals surface area contributed by atoms with Gasteiger partial charge in [0.25, 0.3) is 11.6 Å². The largest absolute Gasteiger partial charge is 0.507 e. The van der Waals surface area contributed by atoms with Crippen LogP contribution in [0.15, 0.2) is 94.2 Å². The number of hydrogen-bond donors (Lipinski definition) is 1. The third-order valence-electron chi connectivity index (χ3n) is 9.13. The number of thioether (sulfide) groups is 2. The highest BCUT2D eigenvalue weighted by Crippen LogP contribution is 2.50. The van der Waals surface area contributed by atoms with E-state index in [2.05, 4.69) is 15.5 Å². The quantitative estimate of drug-likeness (QED) is 0.0825. The molecule has 0 unspecified atom stereocenters. The van der Waals surface area contributed by atoms with Gasteiger partial charge in [-0.15, -0.1) is 16.9 Å². The van der Waals surface area contributed by atoms with Crippen LogP contribution in [0.25, 0.3) is 0 Å². The van der Waals surface area contributed by atoms with Crippen LogP contribution in [0.5, 0.6) is 5.75 Å². The van der Waals surface area contributed by atoms with Crippen molar-refractivity contribution in [3.8, 4) is 5.75 Å². The third-order valence-corrected chi connectivity index (χ3v) is 11.6. The smallest absolute Gasteiger partial charge is 0.356 e. The molecule has 2 aliphatic heterocycles. The number of carbonyl (C=O) groups is 2. The van der Waals surface area contributed by atoms with E-state index in [1.54, 1.807) is 17.9 Å². The summed E-state index contributed by atoms with van der Waals surface area (Å²) in [6.45, 7) is 12.3. The number of phenols is 1. The van der Waals surface area contributed by atoms with E-state index in [-0.39, 0.29) is 22.3 Å². The monoisotopic (exact) mass is 740 g/mol. The van der Waals surface area contributed by atoms with Crippen LogP contribution in [0, 0.1) is 0 Å². The maximum atomic E-state index is 14.5. The topological polar surface area (TPSA) is 132 Å². The molecule has 1 aromatic heterocycles. The van der Waals surface area contributed by atoms with Gasteiger partial charge in [-0.2, -0.15) is 0 Å². The number of phenolic OH excluding ortho intramolecular Hbond substituents is 1. The van der Waals surface area contributed by atoms with Gasteiger partial charge >= 0.3 is 5.97 Å². The van der Waals surface area contributed by atoms with Crippen LogP contribution in [-0.4, -0.2) is 78.0 Å². The Hall–Kier alpha value is -4.46. The molecular weight excluding hydrogens is 697 g/mol. The Kier molecular flexibility index (Phi) is 10.4. The van der Waals surface area contributed by atoms with Crippen molar-refractivity contribution < 1.29 is 24.2 Å². The van der Waals surface area contributed by atoms with Gasteiger partial charge < -0.3 is 14.6 Å². The van der Waals surface area contributed by atoms with Gasteiger partial charge in [-0.1, -0.05) is 114 Å². The zero-order valence-corrected chi connectivity index (χ0v) is 32.3. The molecule has 1 saturated heterocycles. The minimum absolute atomic E-state index is 0.172. The number of fused-ring (bicyclic) bond motifs is 1. The number of aryl methyl sites for hydroxylation is 1. The number of benzene rings is 3. The molecule has 0 aliphatic carbocycles. The Labute approximate surface area is 312 Å². The van der Waals surface area contributed by atoms with Gasteiger partial charge in [0.05, 0.1) is 0 Å². The van der Waals surface area contributed by atoms with Gasteiger partial charge in [0.15, 0.2) is 6.10 Å². The van der Waals surface area contributed by atoms with Crippen LogP contribution in [0.3, 0.4) is 0 Å². The highest BCUT2D eigenvalue weighted by atomic mass is 32.2. The molecule has 6 rings (SSSR count). The maximum Gasteiger partial charge on any atom is 0.356 e. The van der Waals surface area contributed by atoms with Crippen LogP contribution in [0.2, 0.25) is 0 Å². The summed E-state index contributed by atoms with van der Waals surface area (Å²) in [4.78, 5) is 35.1. The Morgan fingerprint density at radius 2 is 1.62 bits per heavy atom. The summed E-state index contributed by atoms with van der Waals surface area (Å²) < 4.78 is 13.8. The van der Waals surface area contributed by atoms with Gasteiger partial charge in [0.1, 0.15) is 16.8 Å². The fraction of sp³-hybridized carbons (Fsp3) is 0.385. The van der Waals surface area contributed by atoms with Gasteiger partial charge in [-0.3, -0.25) is 9.69 Å². The summed E-state index contributed by atoms with van der Waals surface area (Å²) in [5.41, 5.74) is 2.50. The first-order valence-electron chi connectivity index (χ1n) is 17.0. The second kappa shape index (κ2) is 14.5. The number of β-lactam (4-membered cyclic amide) rings is 1. The van der Waals surface area contributed by atoms with Crippen molar-refractivity contribution in [3.63, 3.8) is 0 Å². The number of ether oxygens (including phenoxy) is 2. The second-order valence-corrected chi connectivity index (χ2v) is 16.9. The lowest BCUT2D eigenvalue weighted by atomic mass is 9.78. The van der Waals surface area contributed by atoms with Crippen molar-refractivity contribution in [1.82, 2.24) is 25.1 Å². The van der Waals surface area contributed by atoms with E-state index in [1.165, 1.54) is 35.5 Å². The molecule has 0 saturated carbocycles. The van der Waals surface area contributed by atoms with Crippen LogP contribution in [-0.2, 0) is 36.9 Å². The number of esters is 1. The van der Waals surface area contributed by atoms with Gasteiger partial charge in [-0.05, 0) is 55.7 Å². The number of tetrazole rings is 1. The molecule has 0 radical (unpaired) electrons. The number of hydrogen-bond acceptors (Lipinski definition) is 11. The minimum atomic E-state index is -1.58. The van der Waals surface area contributed by atoms with Gasteiger partial charge in [-0.25, -0.2) is 14.5 Å². The highest BCUT2D eigenvalue weighted by molar-refractivity contribution is 8.01. The van der Waals surface area contributed by atoms with E-state index < -0.39 is 29.1 Å². The SMILES string of the molecule is CO[C@@]1(N=Cc2cc(C(C)(C)C)c(O)c(C(C)(C)C)c2)C(=O)N2C(C(=O)OC(c3ccccc3)c3ccccc3)=C(CSc3nnnn3C)CS[C@@H]21. The first kappa shape index (κ1) is 37.3. The first-order valence-corrected chi connectivity index (χ1v) is 19.0. The van der Waals surface area contributed by atoms with Crippen molar-refractivity contribution in [2.45, 2.75) is 74.7 Å². The Morgan fingerprint density at radius 1 is 1.04 bits per heavy atom. The zero-order chi connectivity index (χ0) is 37.4. The molecule has 3 heterocycles. The van der Waals surface area contributed by atoms with Crippen LogP contribution in [0.1, 0.15) is 75.5 Å². The van der Waals surface area contributed by atoms with E-state index in [1.807, 2.05) is 114 Å². The standard InChI is InChI=1S/C39H44N6O5S2/c1-37(2,3)28-19-24(20-29(31(28)46)38(4,5)6)21-40-39(49-8)34(48)45-30(27(22-51-35(39)45)23-52-36-41-42-43-44(36)7)33(47)50-32(25-15-11-9-12-16-25)26-17-13-10-14-18-26/h9-21,32,35,46H,22-23H2,1-8H3/t35-,39+/m1/s1. The van der Waals surface area contributed by atoms with Gasteiger partial charge in [0, 0.05) is 43.0 Å². The van der Waals surface area contributed by atoms with Crippen LogP contribution in [0.4, 0.5) is 0 Å². The van der Waals surface area contributed by atoms with Crippen molar-refractivity contribution in [1.29, 1.82) is 0 Å². The number of aromatic nitrogens is 4. The molecule has 0 spiro atoms. The Morgan fingerprint density at radius 3 is 2.12 bits per heavy atom. The Bertz CT molecular complexity index is 1950. The third kappa shape index (κ3) is 7.13. The molecule has 13 heteroatoms. The van der Waals surface area contributed by atoms with Crippen LogP contribution < -0.4 is 0 Å². The molecule has 0 bridgehead atoms. The van der Waals surface area contributed by atoms with E-state index in [9.17, 15) is 14.7 Å². The normalized spacial score (nSPS) is 19.3. The number of rotatable bonds is 10. The van der Waals surface area contributed by atoms with E-state index in [4.69, 9.17) is 14.5 Å². The molecule has 11 nitrogen and oxygen atoms in total. The molecule has 1 N–H and O–H groups in total. The summed E-state index contributed by atoms with van der Waals surface area (Å²) in [7, 11) is 3.20. The van der Waals surface area contributed by atoms with E-state index in [0.29, 0.717) is 22.2 Å². The summed E-state index contributed by atoms with van der Waals surface area (Å²) in [5, 5.41) is 22.9. The average molecular weight is 741 g/mol. The molecule has 272 valence electrons. The number of methoxy groups -OCH3 is 1. The van der Waals surface area contributed by atoms with Crippen molar-refractivity contribution in [3.05, 3.63) is 112 Å². The number of nitrogens with zero attached hydrogens (tertiary/aromatic N) is 6. The molecule has 2 aliphatic rings. The Balaban J connectivity index is 1.37. The molecule has 1 amide bonds. The summed E-state index contributed by atoms with van der Waals surface area (Å²) in [5.74, 6) is -0.0704. The lowest BCUT2D eigenvalue weighted by molar-refractivity contribution is -0.183. The van der Waals surface area contributed by atoms with Crippen LogP contribution >= 0.6 is 23.5 Å². The van der Waals surface area contributed by atoms with E-state index in [0.717, 1.165) is 27.8 Å². The number of aliphatic imine (C=N–C) groups is 1. The predicted octanol–water partition coefficient (Wildman–Crippen LogP) is 6.57. The molecular formula is C39H44N6O5S2. The fourth-order valence-electron chi connectivity index (χ4n) is 6.32. The zero-order valence-electron chi connectivity index (χ0n) is 30.7. The maximum absolute atomic E-state index is 14.5. The molecule has 52 heavy (non-hydrogen) atoms. The number of carbonyl (C=O) groups excluding carboxylic acids is 2. The number of amides is 1. The van der Waals surface area contributed by atoms with Crippen molar-refractivity contribution >= 4 is 41.6 Å². The molecule has 4 aromatic rings. The summed E-state index contributed by atoms with van der Waals surface area (Å²) in [6, 6.07) is 22.9. The average Bonchev–Trinajstić information content (AvgIpc) is 3.53. The number of aromatic hydroxyl groups is 1. The second-order valence-electron chi connectivity index (χ2n) is 14.9. The summed E-state index contributed by atoms with van der Waals surface area (Å²) >= 11 is 2.84. The molecule has 1 fully saturated rings. The summed E-state index contributed by atoms with van der Waals surface area (Å²) in [6.07, 6.45) is 0.926. The van der Waals surface area contributed by atoms with Crippen molar-refractivity contribution in [2.75, 3.05) is 18.6 Å². The van der Waals surface area contributed by atoms with E-state index >= 15 is 0 Å². The lowest BCUT2D eigenvalue weighted by Crippen LogP contribution is -2.73. The lowest BCUT2D eigenvalue weighted by Gasteiger charge is -2.54. The predicted molar refractivity (Wildman–Crippen MR) is 203 cm³/mol. The first-order chi connectivity index (χ1) is 24.7. The fourth-order valence-corrected chi connectivity index (χ4v) is 8.74. The minimum Gasteiger partial charge on any atom is -0.507 e. The highest BCUT2D eigenvalue weighted by Gasteiger charge is 2.66. The molecule has 3 aromatic carbocycles. The molecule has 2 atom stereocenters. The van der Waals surface area contributed by atoms with Gasteiger partial charge in [0.2, 0.25) is 5.16 Å². The van der Waals surface area contributed by atoms with Crippen molar-refractivity contribution in [2.24, 2.45) is 12.0 Å².